The van der Waals surface area contributed by atoms with Crippen molar-refractivity contribution in [1.29, 1.82) is 0 Å². The maximum absolute atomic E-state index is 4.67. The summed E-state index contributed by atoms with van der Waals surface area (Å²) in [4.78, 5) is 14.0. The number of aromatic nitrogens is 4. The summed E-state index contributed by atoms with van der Waals surface area (Å²) in [6, 6.07) is 0. The van der Waals surface area contributed by atoms with Crippen LogP contribution in [0, 0.1) is 27.7 Å². The van der Waals surface area contributed by atoms with Crippen molar-refractivity contribution in [3.05, 3.63) is 34.5 Å². The van der Waals surface area contributed by atoms with E-state index in [4.69, 9.17) is 0 Å². The van der Waals surface area contributed by atoms with Crippen LogP contribution in [0.4, 0.5) is 5.82 Å². The third kappa shape index (κ3) is 3.22. The average molecular weight is 314 g/mol. The van der Waals surface area contributed by atoms with Gasteiger partial charge in [-0.2, -0.15) is 5.10 Å². The first kappa shape index (κ1) is 15.9. The van der Waals surface area contributed by atoms with Gasteiger partial charge in [0, 0.05) is 57.2 Å². The van der Waals surface area contributed by atoms with Gasteiger partial charge >= 0.3 is 0 Å². The lowest BCUT2D eigenvalue weighted by atomic mass is 10.1. The van der Waals surface area contributed by atoms with Crippen molar-refractivity contribution in [2.75, 3.05) is 31.1 Å². The molecule has 0 saturated carbocycles. The van der Waals surface area contributed by atoms with E-state index in [1.807, 2.05) is 31.8 Å². The van der Waals surface area contributed by atoms with Crippen molar-refractivity contribution >= 4 is 5.82 Å². The predicted octanol–water partition coefficient (Wildman–Crippen LogP) is 1.77. The first-order chi connectivity index (χ1) is 11.0. The quantitative estimate of drug-likeness (QED) is 0.864. The zero-order valence-corrected chi connectivity index (χ0v) is 14.8. The second-order valence-electron chi connectivity index (χ2n) is 6.46. The average Bonchev–Trinajstić information content (AvgIpc) is 2.77. The third-order valence-corrected chi connectivity index (χ3v) is 4.76. The van der Waals surface area contributed by atoms with E-state index in [9.17, 15) is 0 Å². The summed E-state index contributed by atoms with van der Waals surface area (Å²) < 4.78 is 1.98. The van der Waals surface area contributed by atoms with Crippen LogP contribution < -0.4 is 4.90 Å². The molecule has 23 heavy (non-hydrogen) atoms. The Balaban J connectivity index is 1.65. The van der Waals surface area contributed by atoms with Crippen LogP contribution >= 0.6 is 0 Å². The minimum Gasteiger partial charge on any atom is -0.353 e. The van der Waals surface area contributed by atoms with Crippen LogP contribution in [0.5, 0.6) is 0 Å². The SMILES string of the molecule is Cc1cnc(C)c(N2CCN(Cc3c(C)nn(C)c3C)CC2)n1. The topological polar surface area (TPSA) is 50.1 Å². The fraction of sp³-hybridized carbons (Fsp3) is 0.588. The van der Waals surface area contributed by atoms with E-state index in [1.54, 1.807) is 0 Å². The summed E-state index contributed by atoms with van der Waals surface area (Å²) in [5.74, 6) is 1.04. The van der Waals surface area contributed by atoms with Gasteiger partial charge in [0.1, 0.15) is 5.82 Å². The van der Waals surface area contributed by atoms with Crippen molar-refractivity contribution in [1.82, 2.24) is 24.6 Å². The van der Waals surface area contributed by atoms with Crippen molar-refractivity contribution in [2.24, 2.45) is 7.05 Å². The summed E-state index contributed by atoms with van der Waals surface area (Å²) in [5, 5.41) is 4.52. The fourth-order valence-electron chi connectivity index (χ4n) is 3.21. The van der Waals surface area contributed by atoms with Crippen molar-refractivity contribution in [3.8, 4) is 0 Å². The molecular weight excluding hydrogens is 288 g/mol. The minimum absolute atomic E-state index is 0.981. The molecule has 124 valence electrons. The highest BCUT2D eigenvalue weighted by Crippen LogP contribution is 2.20. The van der Waals surface area contributed by atoms with Gasteiger partial charge in [-0.1, -0.05) is 0 Å². The van der Waals surface area contributed by atoms with Gasteiger partial charge in [0.2, 0.25) is 0 Å². The molecule has 1 fully saturated rings. The Morgan fingerprint density at radius 2 is 1.70 bits per heavy atom. The highest BCUT2D eigenvalue weighted by atomic mass is 15.3. The van der Waals surface area contributed by atoms with E-state index in [-0.39, 0.29) is 0 Å². The van der Waals surface area contributed by atoms with Crippen LogP contribution in [-0.2, 0) is 13.6 Å². The van der Waals surface area contributed by atoms with Crippen molar-refractivity contribution in [3.63, 3.8) is 0 Å². The van der Waals surface area contributed by atoms with E-state index in [0.717, 1.165) is 55.6 Å². The molecule has 2 aromatic heterocycles. The molecule has 1 aliphatic rings. The molecular formula is C17H26N6. The van der Waals surface area contributed by atoms with Gasteiger partial charge in [0.25, 0.3) is 0 Å². The largest absolute Gasteiger partial charge is 0.353 e. The van der Waals surface area contributed by atoms with Gasteiger partial charge in [0.05, 0.1) is 17.1 Å². The number of hydrogen-bond donors (Lipinski definition) is 0. The highest BCUT2D eigenvalue weighted by Gasteiger charge is 2.21. The molecule has 2 aromatic rings. The number of anilines is 1. The third-order valence-electron chi connectivity index (χ3n) is 4.76. The summed E-state index contributed by atoms with van der Waals surface area (Å²) >= 11 is 0. The normalized spacial score (nSPS) is 16.1. The standard InChI is InChI=1S/C17H26N6/c1-12-10-18-14(3)17(19-12)23-8-6-22(7-9-23)11-16-13(2)20-21(5)15(16)4/h10H,6-9,11H2,1-5H3. The lowest BCUT2D eigenvalue weighted by molar-refractivity contribution is 0.248. The molecule has 1 saturated heterocycles. The van der Waals surface area contributed by atoms with Crippen LogP contribution in [0.15, 0.2) is 6.20 Å². The molecule has 3 heterocycles. The molecule has 3 rings (SSSR count). The molecule has 1 aliphatic heterocycles. The van der Waals surface area contributed by atoms with Gasteiger partial charge in [-0.15, -0.1) is 0 Å². The number of piperazine rings is 1. The Bertz CT molecular complexity index is 697. The summed E-state index contributed by atoms with van der Waals surface area (Å²) in [5.41, 5.74) is 5.78. The van der Waals surface area contributed by atoms with E-state index < -0.39 is 0 Å². The molecule has 0 radical (unpaired) electrons. The Morgan fingerprint density at radius 1 is 1.00 bits per heavy atom. The second kappa shape index (κ2) is 6.28. The molecule has 6 nitrogen and oxygen atoms in total. The number of aryl methyl sites for hydroxylation is 4. The Labute approximate surface area is 138 Å². The lowest BCUT2D eigenvalue weighted by Crippen LogP contribution is -2.46. The molecule has 0 bridgehead atoms. The molecule has 0 unspecified atom stereocenters. The van der Waals surface area contributed by atoms with Gasteiger partial charge in [-0.3, -0.25) is 14.6 Å². The van der Waals surface area contributed by atoms with Gasteiger partial charge in [0.15, 0.2) is 0 Å². The number of rotatable bonds is 3. The van der Waals surface area contributed by atoms with E-state index in [1.165, 1.54) is 11.3 Å². The maximum Gasteiger partial charge on any atom is 0.150 e. The molecule has 0 atom stereocenters. The summed E-state index contributed by atoms with van der Waals surface area (Å²) in [6.07, 6.45) is 1.84. The van der Waals surface area contributed by atoms with Crippen molar-refractivity contribution < 1.29 is 0 Å². The number of nitrogens with zero attached hydrogens (tertiary/aromatic N) is 6. The predicted molar refractivity (Wildman–Crippen MR) is 91.7 cm³/mol. The molecule has 0 amide bonds. The van der Waals surface area contributed by atoms with Crippen molar-refractivity contribution in [2.45, 2.75) is 34.2 Å². The minimum atomic E-state index is 0.981. The van der Waals surface area contributed by atoms with Crippen LogP contribution in [0.3, 0.4) is 0 Å². The van der Waals surface area contributed by atoms with Crippen LogP contribution in [0.2, 0.25) is 0 Å². The molecule has 0 aliphatic carbocycles. The smallest absolute Gasteiger partial charge is 0.150 e. The molecule has 0 spiro atoms. The van der Waals surface area contributed by atoms with E-state index >= 15 is 0 Å². The van der Waals surface area contributed by atoms with Crippen LogP contribution in [0.25, 0.3) is 0 Å². The van der Waals surface area contributed by atoms with Gasteiger partial charge in [-0.25, -0.2) is 4.98 Å². The first-order valence-corrected chi connectivity index (χ1v) is 8.22. The highest BCUT2D eigenvalue weighted by molar-refractivity contribution is 5.43. The van der Waals surface area contributed by atoms with Gasteiger partial charge < -0.3 is 4.90 Å². The Kier molecular flexibility index (Phi) is 4.35. The summed E-state index contributed by atoms with van der Waals surface area (Å²) in [6.45, 7) is 13.4. The molecule has 0 N–H and O–H groups in total. The van der Waals surface area contributed by atoms with E-state index in [0.29, 0.717) is 0 Å². The summed E-state index contributed by atoms with van der Waals surface area (Å²) in [7, 11) is 2.02. The maximum atomic E-state index is 4.67. The lowest BCUT2D eigenvalue weighted by Gasteiger charge is -2.36. The molecule has 0 aromatic carbocycles. The van der Waals surface area contributed by atoms with Crippen LogP contribution in [-0.4, -0.2) is 50.8 Å². The second-order valence-corrected chi connectivity index (χ2v) is 6.46. The fourth-order valence-corrected chi connectivity index (χ4v) is 3.21. The Morgan fingerprint density at radius 3 is 2.30 bits per heavy atom. The number of hydrogen-bond acceptors (Lipinski definition) is 5. The zero-order valence-electron chi connectivity index (χ0n) is 14.8. The van der Waals surface area contributed by atoms with Gasteiger partial charge in [-0.05, 0) is 27.7 Å². The van der Waals surface area contributed by atoms with Crippen LogP contribution in [0.1, 0.15) is 28.3 Å². The molecule has 6 heteroatoms. The Hall–Kier alpha value is -1.95. The van der Waals surface area contributed by atoms with E-state index in [2.05, 4.69) is 38.7 Å². The first-order valence-electron chi connectivity index (χ1n) is 8.22. The zero-order chi connectivity index (χ0) is 16.6. The monoisotopic (exact) mass is 314 g/mol.